The summed E-state index contributed by atoms with van der Waals surface area (Å²) in [7, 11) is 1.78. The van der Waals surface area contributed by atoms with Crippen LogP contribution in [0.2, 0.25) is 0 Å². The zero-order chi connectivity index (χ0) is 9.36. The van der Waals surface area contributed by atoms with Gasteiger partial charge in [0.25, 0.3) is 0 Å². The summed E-state index contributed by atoms with van der Waals surface area (Å²) in [5.41, 5.74) is 0.683. The van der Waals surface area contributed by atoms with E-state index >= 15 is 0 Å². The van der Waals surface area contributed by atoms with Crippen molar-refractivity contribution in [2.45, 2.75) is 44.6 Å². The Morgan fingerprint density at radius 1 is 1.23 bits per heavy atom. The van der Waals surface area contributed by atoms with E-state index in [4.69, 9.17) is 9.47 Å². The van der Waals surface area contributed by atoms with Crippen molar-refractivity contribution in [1.29, 1.82) is 0 Å². The summed E-state index contributed by atoms with van der Waals surface area (Å²) in [5.74, 6) is 0. The van der Waals surface area contributed by atoms with E-state index in [1.807, 2.05) is 0 Å². The summed E-state index contributed by atoms with van der Waals surface area (Å²) in [6, 6.07) is 0. The summed E-state index contributed by atoms with van der Waals surface area (Å²) < 4.78 is 11.1. The minimum absolute atomic E-state index is 0.217. The van der Waals surface area contributed by atoms with Crippen molar-refractivity contribution >= 4 is 0 Å². The maximum atomic E-state index is 5.91. The molecule has 0 amide bonds. The van der Waals surface area contributed by atoms with Gasteiger partial charge in [-0.1, -0.05) is 0 Å². The molecule has 2 heterocycles. The number of fused-ring (bicyclic) bond motifs is 3. The fourth-order valence-electron chi connectivity index (χ4n) is 2.57. The van der Waals surface area contributed by atoms with E-state index in [2.05, 4.69) is 6.92 Å². The fraction of sp³-hybridized carbons (Fsp3) is 1.00. The number of hydrogen-bond donors (Lipinski definition) is 0. The van der Waals surface area contributed by atoms with Crippen LogP contribution in [0.1, 0.15) is 39.0 Å². The highest BCUT2D eigenvalue weighted by atomic mass is 16.5. The van der Waals surface area contributed by atoms with Gasteiger partial charge in [0.05, 0.1) is 12.2 Å². The molecule has 0 aromatic carbocycles. The van der Waals surface area contributed by atoms with Crippen molar-refractivity contribution in [2.24, 2.45) is 5.41 Å². The molecule has 2 aliphatic heterocycles. The highest BCUT2D eigenvalue weighted by Gasteiger charge is 2.46. The van der Waals surface area contributed by atoms with Crippen LogP contribution in [-0.2, 0) is 9.47 Å². The Kier molecular flexibility index (Phi) is 2.37. The van der Waals surface area contributed by atoms with Crippen LogP contribution in [0, 0.1) is 5.41 Å². The maximum Gasteiger partial charge on any atom is 0.0655 e. The Balaban J connectivity index is 1.95. The Labute approximate surface area is 80.6 Å². The molecule has 0 aromatic heterocycles. The van der Waals surface area contributed by atoms with Gasteiger partial charge in [-0.15, -0.1) is 0 Å². The molecule has 0 unspecified atom stereocenters. The van der Waals surface area contributed by atoms with E-state index in [1.165, 1.54) is 32.1 Å². The molecular weight excluding hydrogens is 164 g/mol. The smallest absolute Gasteiger partial charge is 0.0655 e. The van der Waals surface area contributed by atoms with Crippen LogP contribution in [0.3, 0.4) is 0 Å². The number of rotatable bonds is 3. The number of methoxy groups -OCH3 is 1. The molecule has 3 aliphatic rings. The minimum Gasteiger partial charge on any atom is -0.385 e. The number of hydrogen-bond acceptors (Lipinski definition) is 2. The van der Waals surface area contributed by atoms with Crippen LogP contribution in [-0.4, -0.2) is 25.9 Å². The maximum absolute atomic E-state index is 5.91. The Morgan fingerprint density at radius 2 is 1.92 bits per heavy atom. The van der Waals surface area contributed by atoms with E-state index in [-0.39, 0.29) is 5.60 Å². The van der Waals surface area contributed by atoms with Gasteiger partial charge in [-0.05, 0) is 44.4 Å². The third-order valence-electron chi connectivity index (χ3n) is 3.93. The highest BCUT2D eigenvalue weighted by molar-refractivity contribution is 4.96. The zero-order valence-corrected chi connectivity index (χ0v) is 8.77. The molecule has 1 aliphatic carbocycles. The molecule has 0 N–H and O–H groups in total. The monoisotopic (exact) mass is 184 g/mol. The lowest BCUT2D eigenvalue weighted by atomic mass is 9.65. The van der Waals surface area contributed by atoms with E-state index in [0.29, 0.717) is 5.41 Å². The third kappa shape index (κ3) is 1.75. The zero-order valence-electron chi connectivity index (χ0n) is 8.77. The van der Waals surface area contributed by atoms with E-state index in [0.717, 1.165) is 13.2 Å². The lowest BCUT2D eigenvalue weighted by Gasteiger charge is -2.52. The topological polar surface area (TPSA) is 18.5 Å². The van der Waals surface area contributed by atoms with Gasteiger partial charge in [0.1, 0.15) is 0 Å². The van der Waals surface area contributed by atoms with Gasteiger partial charge in [0.2, 0.25) is 0 Å². The van der Waals surface area contributed by atoms with Crippen LogP contribution >= 0.6 is 0 Å². The first-order valence-electron chi connectivity index (χ1n) is 5.31. The fourth-order valence-corrected chi connectivity index (χ4v) is 2.57. The third-order valence-corrected chi connectivity index (χ3v) is 3.93. The number of ether oxygens (including phenoxy) is 2. The van der Waals surface area contributed by atoms with Crippen molar-refractivity contribution in [1.82, 2.24) is 0 Å². The van der Waals surface area contributed by atoms with Crippen LogP contribution in [0.4, 0.5) is 0 Å². The van der Waals surface area contributed by atoms with Crippen LogP contribution in [0.25, 0.3) is 0 Å². The van der Waals surface area contributed by atoms with Gasteiger partial charge in [-0.2, -0.15) is 0 Å². The molecule has 13 heavy (non-hydrogen) atoms. The largest absolute Gasteiger partial charge is 0.385 e. The normalized spacial score (nSPS) is 43.8. The first kappa shape index (κ1) is 9.47. The predicted molar refractivity (Wildman–Crippen MR) is 51.8 cm³/mol. The highest BCUT2D eigenvalue weighted by Crippen LogP contribution is 2.50. The minimum atomic E-state index is 0.217. The molecule has 2 heteroatoms. The molecule has 1 saturated carbocycles. The van der Waals surface area contributed by atoms with Gasteiger partial charge in [-0.3, -0.25) is 0 Å². The molecule has 2 bridgehead atoms. The Morgan fingerprint density at radius 3 is 2.38 bits per heavy atom. The molecule has 76 valence electrons. The summed E-state index contributed by atoms with van der Waals surface area (Å²) in [5, 5.41) is 0. The molecule has 0 aromatic rings. The first-order valence-corrected chi connectivity index (χ1v) is 5.31. The lowest BCUT2D eigenvalue weighted by Crippen LogP contribution is -2.49. The van der Waals surface area contributed by atoms with Crippen molar-refractivity contribution in [3.63, 3.8) is 0 Å². The van der Waals surface area contributed by atoms with Crippen LogP contribution < -0.4 is 0 Å². The van der Waals surface area contributed by atoms with E-state index < -0.39 is 0 Å². The van der Waals surface area contributed by atoms with Crippen LogP contribution in [0.5, 0.6) is 0 Å². The van der Waals surface area contributed by atoms with Gasteiger partial charge >= 0.3 is 0 Å². The molecule has 3 rings (SSSR count). The Bertz CT molecular complexity index is 158. The van der Waals surface area contributed by atoms with E-state index in [1.54, 1.807) is 7.11 Å². The second kappa shape index (κ2) is 3.25. The van der Waals surface area contributed by atoms with E-state index in [9.17, 15) is 0 Å². The molecule has 2 nitrogen and oxygen atoms in total. The Hall–Kier alpha value is -0.0800. The molecule has 2 saturated heterocycles. The van der Waals surface area contributed by atoms with Crippen molar-refractivity contribution in [3.05, 3.63) is 0 Å². The second-order valence-electron chi connectivity index (χ2n) is 4.98. The summed E-state index contributed by atoms with van der Waals surface area (Å²) >= 11 is 0. The average molecular weight is 184 g/mol. The second-order valence-corrected chi connectivity index (χ2v) is 4.98. The van der Waals surface area contributed by atoms with Gasteiger partial charge < -0.3 is 9.47 Å². The summed E-state index contributed by atoms with van der Waals surface area (Å²) in [6.45, 7) is 4.11. The average Bonchev–Trinajstić information content (AvgIpc) is 2.18. The summed E-state index contributed by atoms with van der Waals surface area (Å²) in [4.78, 5) is 0. The van der Waals surface area contributed by atoms with Crippen molar-refractivity contribution in [2.75, 3.05) is 20.3 Å². The lowest BCUT2D eigenvalue weighted by molar-refractivity contribution is -0.178. The molecular formula is C11H20O2. The van der Waals surface area contributed by atoms with Gasteiger partial charge in [-0.25, -0.2) is 0 Å². The SMILES string of the molecule is COCCC12CCC(C)(CC1)OC2. The molecule has 0 atom stereocenters. The quantitative estimate of drug-likeness (QED) is 0.670. The molecule has 3 fully saturated rings. The molecule has 0 radical (unpaired) electrons. The predicted octanol–water partition coefficient (Wildman–Crippen LogP) is 2.37. The van der Waals surface area contributed by atoms with Crippen LogP contribution in [0.15, 0.2) is 0 Å². The standard InChI is InChI=1S/C11H20O2/c1-10-3-5-11(6-4-10,9-13-10)7-8-12-2/h3-9H2,1-2H3. The summed E-state index contributed by atoms with van der Waals surface area (Å²) in [6.07, 6.45) is 6.35. The molecule has 0 spiro atoms. The van der Waals surface area contributed by atoms with Crippen molar-refractivity contribution in [3.8, 4) is 0 Å². The first-order chi connectivity index (χ1) is 6.18. The van der Waals surface area contributed by atoms with Gasteiger partial charge in [0.15, 0.2) is 0 Å². The van der Waals surface area contributed by atoms with Crippen molar-refractivity contribution < 1.29 is 9.47 Å². The van der Waals surface area contributed by atoms with Gasteiger partial charge in [0, 0.05) is 13.7 Å².